The maximum absolute atomic E-state index is 12.8. The third-order valence-corrected chi connectivity index (χ3v) is 4.18. The molecule has 2 N–H and O–H groups in total. The Kier molecular flexibility index (Phi) is 3.86. The molecule has 3 rings (SSSR count). The van der Waals surface area contributed by atoms with Crippen molar-refractivity contribution in [2.45, 2.75) is 6.92 Å². The number of hydrogen-bond acceptors (Lipinski definition) is 4. The van der Waals surface area contributed by atoms with Gasteiger partial charge in [-0.05, 0) is 18.6 Å². The van der Waals surface area contributed by atoms with E-state index in [2.05, 4.69) is 6.07 Å². The number of rotatable bonds is 3. The molecular formula is C19H17N3O. The smallest absolute Gasteiger partial charge is 0.172 e. The summed E-state index contributed by atoms with van der Waals surface area (Å²) in [7, 11) is 0. The van der Waals surface area contributed by atoms with Gasteiger partial charge in [-0.3, -0.25) is 4.79 Å². The Labute approximate surface area is 135 Å². The molecule has 2 aromatic rings. The lowest BCUT2D eigenvalue weighted by molar-refractivity contribution is 0.0948. The summed E-state index contributed by atoms with van der Waals surface area (Å²) in [6, 6.07) is 19.0. The first-order valence-corrected chi connectivity index (χ1v) is 7.45. The zero-order valence-electron chi connectivity index (χ0n) is 12.9. The van der Waals surface area contributed by atoms with E-state index < -0.39 is 5.92 Å². The van der Waals surface area contributed by atoms with Gasteiger partial charge in [0, 0.05) is 17.8 Å². The van der Waals surface area contributed by atoms with Crippen LogP contribution in [0, 0.1) is 24.2 Å². The van der Waals surface area contributed by atoms with E-state index in [9.17, 15) is 10.1 Å². The van der Waals surface area contributed by atoms with Gasteiger partial charge in [0.1, 0.15) is 5.82 Å². The number of para-hydroxylation sites is 1. The van der Waals surface area contributed by atoms with Crippen molar-refractivity contribution in [2.24, 2.45) is 11.7 Å². The van der Waals surface area contributed by atoms with Crippen LogP contribution in [-0.4, -0.2) is 12.3 Å². The maximum Gasteiger partial charge on any atom is 0.172 e. The molecule has 114 valence electrons. The van der Waals surface area contributed by atoms with E-state index in [1.54, 1.807) is 12.1 Å². The molecule has 0 bridgehead atoms. The highest BCUT2D eigenvalue weighted by Crippen LogP contribution is 2.33. The molecule has 0 amide bonds. The van der Waals surface area contributed by atoms with Gasteiger partial charge in [-0.25, -0.2) is 0 Å². The number of Topliss-reactive ketones (excluding diaryl/α,β-unsaturated/α-hetero) is 1. The SMILES string of the molecule is Cc1ccccc1N1CC(C(=O)c2ccccc2)C(C#N)=C1N. The molecule has 4 heteroatoms. The Morgan fingerprint density at radius 1 is 1.17 bits per heavy atom. The van der Waals surface area contributed by atoms with Gasteiger partial charge in [0.25, 0.3) is 0 Å². The predicted octanol–water partition coefficient (Wildman–Crippen LogP) is 3.01. The Bertz CT molecular complexity index is 818. The third kappa shape index (κ3) is 2.58. The second kappa shape index (κ2) is 5.98. The van der Waals surface area contributed by atoms with Gasteiger partial charge in [0.05, 0.1) is 17.6 Å². The summed E-state index contributed by atoms with van der Waals surface area (Å²) in [6.07, 6.45) is 0. The van der Waals surface area contributed by atoms with Crippen molar-refractivity contribution in [1.29, 1.82) is 5.26 Å². The number of aryl methyl sites for hydroxylation is 1. The first-order valence-electron chi connectivity index (χ1n) is 7.45. The van der Waals surface area contributed by atoms with Crippen LogP contribution in [0.2, 0.25) is 0 Å². The molecule has 0 spiro atoms. The number of anilines is 1. The number of carbonyl (C=O) groups is 1. The standard InChI is InChI=1S/C19H17N3O/c1-13-7-5-6-10-17(13)22-12-16(15(11-20)19(22)21)18(23)14-8-3-2-4-9-14/h2-10,16H,12,21H2,1H3. The summed E-state index contributed by atoms with van der Waals surface area (Å²) in [5, 5.41) is 9.47. The largest absolute Gasteiger partial charge is 0.384 e. The van der Waals surface area contributed by atoms with Gasteiger partial charge in [0.15, 0.2) is 5.78 Å². The predicted molar refractivity (Wildman–Crippen MR) is 89.6 cm³/mol. The van der Waals surface area contributed by atoms with Crippen LogP contribution >= 0.6 is 0 Å². The van der Waals surface area contributed by atoms with Gasteiger partial charge >= 0.3 is 0 Å². The van der Waals surface area contributed by atoms with Crippen molar-refractivity contribution < 1.29 is 4.79 Å². The van der Waals surface area contributed by atoms with E-state index in [-0.39, 0.29) is 5.78 Å². The topological polar surface area (TPSA) is 70.1 Å². The van der Waals surface area contributed by atoms with Crippen LogP contribution in [0.4, 0.5) is 5.69 Å². The zero-order chi connectivity index (χ0) is 16.4. The van der Waals surface area contributed by atoms with Crippen molar-refractivity contribution in [3.8, 4) is 6.07 Å². The summed E-state index contributed by atoms with van der Waals surface area (Å²) in [5.41, 5.74) is 9.11. The fourth-order valence-corrected chi connectivity index (χ4v) is 2.94. The Balaban J connectivity index is 1.98. The minimum Gasteiger partial charge on any atom is -0.384 e. The van der Waals surface area contributed by atoms with Gasteiger partial charge in [0.2, 0.25) is 0 Å². The molecule has 4 nitrogen and oxygen atoms in total. The zero-order valence-corrected chi connectivity index (χ0v) is 12.9. The van der Waals surface area contributed by atoms with Crippen molar-refractivity contribution in [3.63, 3.8) is 0 Å². The average molecular weight is 303 g/mol. The van der Waals surface area contributed by atoms with Gasteiger partial charge in [-0.1, -0.05) is 48.5 Å². The molecule has 1 unspecified atom stereocenters. The highest BCUT2D eigenvalue weighted by Gasteiger charge is 2.36. The first kappa shape index (κ1) is 14.9. The highest BCUT2D eigenvalue weighted by molar-refractivity contribution is 6.01. The van der Waals surface area contributed by atoms with Gasteiger partial charge in [-0.15, -0.1) is 0 Å². The molecule has 23 heavy (non-hydrogen) atoms. The van der Waals surface area contributed by atoms with Gasteiger partial charge < -0.3 is 10.6 Å². The van der Waals surface area contributed by atoms with Crippen LogP contribution < -0.4 is 10.6 Å². The van der Waals surface area contributed by atoms with Crippen LogP contribution in [0.15, 0.2) is 66.0 Å². The molecule has 1 heterocycles. The maximum atomic E-state index is 12.8. The lowest BCUT2D eigenvalue weighted by Crippen LogP contribution is -2.28. The number of nitriles is 1. The molecule has 0 aliphatic carbocycles. The van der Waals surface area contributed by atoms with Crippen LogP contribution in [0.1, 0.15) is 15.9 Å². The molecule has 1 atom stereocenters. The third-order valence-electron chi connectivity index (χ3n) is 4.18. The number of ketones is 1. The van der Waals surface area contributed by atoms with Crippen molar-refractivity contribution in [1.82, 2.24) is 0 Å². The molecule has 0 saturated carbocycles. The van der Waals surface area contributed by atoms with E-state index in [1.807, 2.05) is 54.3 Å². The van der Waals surface area contributed by atoms with Crippen molar-refractivity contribution in [3.05, 3.63) is 77.1 Å². The molecule has 1 aliphatic heterocycles. The molecule has 2 aromatic carbocycles. The lowest BCUT2D eigenvalue weighted by atomic mass is 9.93. The Morgan fingerprint density at radius 2 is 1.83 bits per heavy atom. The van der Waals surface area contributed by atoms with Crippen molar-refractivity contribution >= 4 is 11.5 Å². The molecular weight excluding hydrogens is 286 g/mol. The van der Waals surface area contributed by atoms with E-state index >= 15 is 0 Å². The fraction of sp³-hybridized carbons (Fsp3) is 0.158. The first-order chi connectivity index (χ1) is 11.1. The minimum atomic E-state index is -0.526. The molecule has 0 aromatic heterocycles. The normalized spacial score (nSPS) is 17.2. The van der Waals surface area contributed by atoms with E-state index in [1.165, 1.54) is 0 Å². The van der Waals surface area contributed by atoms with Gasteiger partial charge in [-0.2, -0.15) is 5.26 Å². The summed E-state index contributed by atoms with van der Waals surface area (Å²) >= 11 is 0. The summed E-state index contributed by atoms with van der Waals surface area (Å²) in [6.45, 7) is 2.38. The highest BCUT2D eigenvalue weighted by atomic mass is 16.1. The second-order valence-corrected chi connectivity index (χ2v) is 5.59. The minimum absolute atomic E-state index is 0.0683. The van der Waals surface area contributed by atoms with E-state index in [0.717, 1.165) is 11.3 Å². The molecule has 0 saturated heterocycles. The summed E-state index contributed by atoms with van der Waals surface area (Å²) in [5.74, 6) is -0.223. The monoisotopic (exact) mass is 303 g/mol. The van der Waals surface area contributed by atoms with E-state index in [4.69, 9.17) is 5.73 Å². The second-order valence-electron chi connectivity index (χ2n) is 5.59. The van der Waals surface area contributed by atoms with Crippen LogP contribution in [-0.2, 0) is 0 Å². The molecule has 0 fully saturated rings. The fourth-order valence-electron chi connectivity index (χ4n) is 2.94. The number of carbonyl (C=O) groups excluding carboxylic acids is 1. The number of nitrogens with zero attached hydrogens (tertiary/aromatic N) is 2. The van der Waals surface area contributed by atoms with Crippen LogP contribution in [0.5, 0.6) is 0 Å². The number of benzene rings is 2. The Hall–Kier alpha value is -3.06. The summed E-state index contributed by atoms with van der Waals surface area (Å²) in [4.78, 5) is 14.6. The number of hydrogen-bond donors (Lipinski definition) is 1. The van der Waals surface area contributed by atoms with E-state index in [0.29, 0.717) is 23.5 Å². The lowest BCUT2D eigenvalue weighted by Gasteiger charge is -2.22. The quantitative estimate of drug-likeness (QED) is 0.885. The molecule has 0 radical (unpaired) electrons. The van der Waals surface area contributed by atoms with Crippen molar-refractivity contribution in [2.75, 3.05) is 11.4 Å². The molecule has 1 aliphatic rings. The van der Waals surface area contributed by atoms with Crippen LogP contribution in [0.3, 0.4) is 0 Å². The number of nitrogens with two attached hydrogens (primary N) is 1. The Morgan fingerprint density at radius 3 is 2.48 bits per heavy atom. The summed E-state index contributed by atoms with van der Waals surface area (Å²) < 4.78 is 0. The average Bonchev–Trinajstić information content (AvgIpc) is 2.92. The van der Waals surface area contributed by atoms with Crippen LogP contribution in [0.25, 0.3) is 0 Å².